The fourth-order valence-corrected chi connectivity index (χ4v) is 2.34. The Kier molecular flexibility index (Phi) is 4.37. The van der Waals surface area contributed by atoms with Gasteiger partial charge in [-0.25, -0.2) is 0 Å². The van der Waals surface area contributed by atoms with E-state index in [9.17, 15) is 0 Å². The highest BCUT2D eigenvalue weighted by Crippen LogP contribution is 2.19. The molecule has 1 aromatic rings. The number of hydrogen-bond acceptors (Lipinski definition) is 3. The summed E-state index contributed by atoms with van der Waals surface area (Å²) in [6, 6.07) is 9.08. The predicted molar refractivity (Wildman–Crippen MR) is 78.2 cm³/mol. The molecule has 0 unspecified atom stereocenters. The summed E-state index contributed by atoms with van der Waals surface area (Å²) in [7, 11) is 4.33. The molecule has 1 fully saturated rings. The van der Waals surface area contributed by atoms with Crippen LogP contribution in [0.2, 0.25) is 0 Å². The molecule has 1 aliphatic rings. The maximum absolute atomic E-state index is 4.53. The van der Waals surface area contributed by atoms with E-state index in [0.29, 0.717) is 0 Å². The van der Waals surface area contributed by atoms with Crippen molar-refractivity contribution in [2.75, 3.05) is 19.5 Å². The van der Waals surface area contributed by atoms with Crippen LogP contribution in [0.3, 0.4) is 0 Å². The number of anilines is 1. The second-order valence-corrected chi connectivity index (χ2v) is 5.35. The maximum Gasteiger partial charge on any atom is 0.0561 e. The molecule has 0 aromatic heterocycles. The fourth-order valence-electron chi connectivity index (χ4n) is 2.34. The topological polar surface area (TPSA) is 27.6 Å². The standard InChI is InChI=1S/C15H23N3/c1-12-4-6-13(7-5-12)16-17-14-8-10-15(11-9-14)18(2)3/h4-7,15-16H,8-11H2,1-3H3. The van der Waals surface area contributed by atoms with Gasteiger partial charge in [-0.15, -0.1) is 0 Å². The van der Waals surface area contributed by atoms with Crippen molar-refractivity contribution in [2.24, 2.45) is 5.10 Å². The van der Waals surface area contributed by atoms with Crippen LogP contribution < -0.4 is 5.43 Å². The Morgan fingerprint density at radius 2 is 1.72 bits per heavy atom. The number of hydrogen-bond donors (Lipinski definition) is 1. The van der Waals surface area contributed by atoms with Gasteiger partial charge in [0.05, 0.1) is 5.69 Å². The van der Waals surface area contributed by atoms with E-state index in [0.717, 1.165) is 24.6 Å². The SMILES string of the molecule is Cc1ccc(NN=C2CCC(N(C)C)CC2)cc1. The van der Waals surface area contributed by atoms with E-state index in [1.807, 2.05) is 0 Å². The summed E-state index contributed by atoms with van der Waals surface area (Å²) in [5, 5.41) is 4.53. The lowest BCUT2D eigenvalue weighted by atomic mass is 9.93. The van der Waals surface area contributed by atoms with Crippen molar-refractivity contribution in [3.05, 3.63) is 29.8 Å². The molecule has 0 heterocycles. The number of benzene rings is 1. The molecule has 1 saturated carbocycles. The minimum absolute atomic E-state index is 0.725. The first-order valence-electron chi connectivity index (χ1n) is 6.69. The van der Waals surface area contributed by atoms with Crippen LogP contribution in [0.25, 0.3) is 0 Å². The third kappa shape index (κ3) is 3.57. The summed E-state index contributed by atoms with van der Waals surface area (Å²) >= 11 is 0. The highest BCUT2D eigenvalue weighted by molar-refractivity contribution is 5.85. The molecule has 0 aliphatic heterocycles. The molecule has 0 amide bonds. The summed E-state index contributed by atoms with van der Waals surface area (Å²) in [6.07, 6.45) is 4.67. The second kappa shape index (κ2) is 6.01. The molecule has 18 heavy (non-hydrogen) atoms. The molecule has 0 spiro atoms. The zero-order chi connectivity index (χ0) is 13.0. The summed E-state index contributed by atoms with van der Waals surface area (Å²) in [4.78, 5) is 2.32. The number of aryl methyl sites for hydroxylation is 1. The van der Waals surface area contributed by atoms with Crippen molar-refractivity contribution in [1.29, 1.82) is 0 Å². The maximum atomic E-state index is 4.53. The minimum Gasteiger partial charge on any atom is -0.306 e. The minimum atomic E-state index is 0.725. The van der Waals surface area contributed by atoms with Crippen LogP contribution in [0.4, 0.5) is 5.69 Å². The molecule has 0 atom stereocenters. The van der Waals surface area contributed by atoms with Gasteiger partial charge in [-0.2, -0.15) is 5.10 Å². The molecule has 0 radical (unpaired) electrons. The highest BCUT2D eigenvalue weighted by Gasteiger charge is 2.18. The average molecular weight is 245 g/mol. The van der Waals surface area contributed by atoms with Crippen molar-refractivity contribution < 1.29 is 0 Å². The number of nitrogens with one attached hydrogen (secondary N) is 1. The Hall–Kier alpha value is -1.35. The van der Waals surface area contributed by atoms with Gasteiger partial charge in [0.2, 0.25) is 0 Å². The van der Waals surface area contributed by atoms with Crippen molar-refractivity contribution in [1.82, 2.24) is 4.90 Å². The van der Waals surface area contributed by atoms with Crippen LogP contribution in [-0.2, 0) is 0 Å². The van der Waals surface area contributed by atoms with Crippen LogP contribution in [0.5, 0.6) is 0 Å². The largest absolute Gasteiger partial charge is 0.306 e. The first kappa shape index (κ1) is 13.1. The van der Waals surface area contributed by atoms with Crippen molar-refractivity contribution in [2.45, 2.75) is 38.6 Å². The molecule has 0 bridgehead atoms. The van der Waals surface area contributed by atoms with Gasteiger partial charge in [-0.3, -0.25) is 5.43 Å². The van der Waals surface area contributed by atoms with E-state index < -0.39 is 0 Å². The van der Waals surface area contributed by atoms with Crippen LogP contribution in [-0.4, -0.2) is 30.7 Å². The summed E-state index contributed by atoms with van der Waals surface area (Å²) in [5.74, 6) is 0. The Balaban J connectivity index is 1.86. The van der Waals surface area contributed by atoms with E-state index in [-0.39, 0.29) is 0 Å². The van der Waals surface area contributed by atoms with E-state index >= 15 is 0 Å². The van der Waals surface area contributed by atoms with Crippen molar-refractivity contribution in [3.63, 3.8) is 0 Å². The van der Waals surface area contributed by atoms with Gasteiger partial charge in [0.15, 0.2) is 0 Å². The molecular formula is C15H23N3. The molecule has 1 aliphatic carbocycles. The Morgan fingerprint density at radius 3 is 2.28 bits per heavy atom. The molecule has 3 nitrogen and oxygen atoms in total. The van der Waals surface area contributed by atoms with Gasteiger partial charge in [0.1, 0.15) is 0 Å². The van der Waals surface area contributed by atoms with Gasteiger partial charge < -0.3 is 4.90 Å². The third-order valence-corrected chi connectivity index (χ3v) is 3.66. The van der Waals surface area contributed by atoms with Gasteiger partial charge in [-0.1, -0.05) is 17.7 Å². The first-order valence-corrected chi connectivity index (χ1v) is 6.69. The molecular weight excluding hydrogens is 222 g/mol. The Labute approximate surface area is 110 Å². The lowest BCUT2D eigenvalue weighted by Crippen LogP contribution is -2.32. The second-order valence-electron chi connectivity index (χ2n) is 5.35. The van der Waals surface area contributed by atoms with E-state index in [1.165, 1.54) is 24.1 Å². The fraction of sp³-hybridized carbons (Fsp3) is 0.533. The lowest BCUT2D eigenvalue weighted by molar-refractivity contribution is 0.260. The summed E-state index contributed by atoms with van der Waals surface area (Å²) in [6.45, 7) is 2.10. The van der Waals surface area contributed by atoms with Gasteiger partial charge in [-0.05, 0) is 58.8 Å². The molecule has 0 saturated heterocycles. The first-order chi connectivity index (χ1) is 8.65. The van der Waals surface area contributed by atoms with E-state index in [4.69, 9.17) is 0 Å². The van der Waals surface area contributed by atoms with Gasteiger partial charge in [0, 0.05) is 11.8 Å². The number of hydrazone groups is 1. The monoisotopic (exact) mass is 245 g/mol. The highest BCUT2D eigenvalue weighted by atomic mass is 15.3. The predicted octanol–water partition coefficient (Wildman–Crippen LogP) is 3.27. The number of rotatable bonds is 3. The zero-order valence-electron chi connectivity index (χ0n) is 11.6. The molecule has 98 valence electrons. The van der Waals surface area contributed by atoms with Gasteiger partial charge >= 0.3 is 0 Å². The summed E-state index contributed by atoms with van der Waals surface area (Å²) < 4.78 is 0. The quantitative estimate of drug-likeness (QED) is 0.828. The van der Waals surface area contributed by atoms with Crippen LogP contribution >= 0.6 is 0 Å². The van der Waals surface area contributed by atoms with E-state index in [1.54, 1.807) is 0 Å². The molecule has 1 N–H and O–H groups in total. The van der Waals surface area contributed by atoms with Crippen molar-refractivity contribution in [3.8, 4) is 0 Å². The molecule has 3 heteroatoms. The lowest BCUT2D eigenvalue weighted by Gasteiger charge is -2.28. The smallest absolute Gasteiger partial charge is 0.0561 e. The third-order valence-electron chi connectivity index (χ3n) is 3.66. The van der Waals surface area contributed by atoms with Crippen LogP contribution in [0, 0.1) is 6.92 Å². The Morgan fingerprint density at radius 1 is 1.11 bits per heavy atom. The molecule has 1 aromatic carbocycles. The van der Waals surface area contributed by atoms with Crippen molar-refractivity contribution >= 4 is 11.4 Å². The normalized spacial score (nSPS) is 20.0. The number of nitrogens with zero attached hydrogens (tertiary/aromatic N) is 2. The molecule has 2 rings (SSSR count). The van der Waals surface area contributed by atoms with E-state index in [2.05, 4.69) is 60.7 Å². The van der Waals surface area contributed by atoms with Crippen LogP contribution in [0.15, 0.2) is 29.4 Å². The summed E-state index contributed by atoms with van der Waals surface area (Å²) in [5.41, 5.74) is 6.81. The van der Waals surface area contributed by atoms with Gasteiger partial charge in [0.25, 0.3) is 0 Å². The average Bonchev–Trinajstić information content (AvgIpc) is 2.38. The van der Waals surface area contributed by atoms with Crippen LogP contribution in [0.1, 0.15) is 31.2 Å². The Bertz CT molecular complexity index is 396. The zero-order valence-corrected chi connectivity index (χ0v) is 11.6.